The second-order valence-electron chi connectivity index (χ2n) is 7.41. The molecule has 148 valence electrons. The standard InChI is InChI=1S/C22H19Cl2N3O2/c1-12(28)26-17-10-13(23)8-15-20(17)29-21-16(22(15,2)3)9-14(24)11-18(21)27-19-6-4-5-7-25-19/h4-11H,1-3H3,(H,25,27)(H,26,28). The van der Waals surface area contributed by atoms with Crippen LogP contribution in [0.5, 0.6) is 11.5 Å². The van der Waals surface area contributed by atoms with E-state index in [1.165, 1.54) is 6.92 Å². The molecule has 1 amide bonds. The molecule has 2 N–H and O–H groups in total. The molecule has 0 fully saturated rings. The molecule has 0 aliphatic carbocycles. The minimum atomic E-state index is -0.466. The fourth-order valence-electron chi connectivity index (χ4n) is 3.53. The Morgan fingerprint density at radius 2 is 1.62 bits per heavy atom. The molecule has 0 spiro atoms. The van der Waals surface area contributed by atoms with E-state index in [1.54, 1.807) is 18.3 Å². The largest absolute Gasteiger partial charge is 0.452 e. The third-order valence-electron chi connectivity index (χ3n) is 4.90. The maximum atomic E-state index is 11.7. The summed E-state index contributed by atoms with van der Waals surface area (Å²) in [4.78, 5) is 16.0. The van der Waals surface area contributed by atoms with E-state index >= 15 is 0 Å². The number of nitrogens with one attached hydrogen (secondary N) is 2. The highest BCUT2D eigenvalue weighted by atomic mass is 35.5. The molecule has 0 atom stereocenters. The molecule has 29 heavy (non-hydrogen) atoms. The molecular formula is C22H19Cl2N3O2. The lowest BCUT2D eigenvalue weighted by Gasteiger charge is -2.36. The van der Waals surface area contributed by atoms with E-state index in [1.807, 2.05) is 30.3 Å². The zero-order valence-corrected chi connectivity index (χ0v) is 17.7. The first-order valence-electron chi connectivity index (χ1n) is 9.07. The van der Waals surface area contributed by atoms with Gasteiger partial charge in [-0.2, -0.15) is 0 Å². The number of rotatable bonds is 3. The minimum Gasteiger partial charge on any atom is -0.452 e. The van der Waals surface area contributed by atoms with Crippen molar-refractivity contribution < 1.29 is 9.53 Å². The molecule has 1 aliphatic heterocycles. The normalized spacial score (nSPS) is 13.7. The van der Waals surface area contributed by atoms with Crippen molar-refractivity contribution in [1.82, 2.24) is 4.98 Å². The molecule has 3 aromatic rings. The monoisotopic (exact) mass is 427 g/mol. The van der Waals surface area contributed by atoms with Crippen molar-refractivity contribution in [2.45, 2.75) is 26.2 Å². The van der Waals surface area contributed by atoms with Gasteiger partial charge in [-0.3, -0.25) is 4.79 Å². The van der Waals surface area contributed by atoms with Crippen molar-refractivity contribution in [3.63, 3.8) is 0 Å². The molecule has 0 radical (unpaired) electrons. The van der Waals surface area contributed by atoms with Gasteiger partial charge in [-0.15, -0.1) is 0 Å². The molecule has 4 rings (SSSR count). The number of ether oxygens (including phenoxy) is 1. The quantitative estimate of drug-likeness (QED) is 0.499. The number of carbonyl (C=O) groups excluding carboxylic acids is 1. The van der Waals surface area contributed by atoms with Crippen molar-refractivity contribution in [2.24, 2.45) is 0 Å². The molecule has 5 nitrogen and oxygen atoms in total. The molecular weight excluding hydrogens is 409 g/mol. The van der Waals surface area contributed by atoms with Crippen LogP contribution in [-0.4, -0.2) is 10.9 Å². The van der Waals surface area contributed by atoms with Crippen molar-refractivity contribution in [1.29, 1.82) is 0 Å². The number of pyridine rings is 1. The predicted molar refractivity (Wildman–Crippen MR) is 117 cm³/mol. The number of hydrogen-bond donors (Lipinski definition) is 2. The highest BCUT2D eigenvalue weighted by molar-refractivity contribution is 6.31. The number of carbonyl (C=O) groups is 1. The Morgan fingerprint density at radius 3 is 2.21 bits per heavy atom. The number of amides is 1. The summed E-state index contributed by atoms with van der Waals surface area (Å²) in [6.45, 7) is 5.59. The van der Waals surface area contributed by atoms with Gasteiger partial charge in [0.05, 0.1) is 11.4 Å². The lowest BCUT2D eigenvalue weighted by molar-refractivity contribution is -0.114. The van der Waals surface area contributed by atoms with Gasteiger partial charge in [-0.1, -0.05) is 43.1 Å². The Balaban J connectivity index is 1.90. The van der Waals surface area contributed by atoms with Gasteiger partial charge in [-0.25, -0.2) is 4.98 Å². The van der Waals surface area contributed by atoms with E-state index in [0.717, 1.165) is 11.1 Å². The third-order valence-corrected chi connectivity index (χ3v) is 5.33. The summed E-state index contributed by atoms with van der Waals surface area (Å²) in [7, 11) is 0. The smallest absolute Gasteiger partial charge is 0.221 e. The molecule has 2 aromatic carbocycles. The van der Waals surface area contributed by atoms with Crippen LogP contribution >= 0.6 is 23.2 Å². The topological polar surface area (TPSA) is 63.2 Å². The molecule has 0 saturated heterocycles. The van der Waals surface area contributed by atoms with E-state index in [4.69, 9.17) is 27.9 Å². The maximum Gasteiger partial charge on any atom is 0.221 e. The molecule has 1 aliphatic rings. The summed E-state index contributed by atoms with van der Waals surface area (Å²) in [6, 6.07) is 12.8. The summed E-state index contributed by atoms with van der Waals surface area (Å²) >= 11 is 12.8. The Kier molecular flexibility index (Phi) is 4.89. The molecule has 1 aromatic heterocycles. The maximum absolute atomic E-state index is 11.7. The lowest BCUT2D eigenvalue weighted by Crippen LogP contribution is -2.26. The van der Waals surface area contributed by atoms with Gasteiger partial charge in [0.2, 0.25) is 5.91 Å². The van der Waals surface area contributed by atoms with Gasteiger partial charge >= 0.3 is 0 Å². The van der Waals surface area contributed by atoms with Gasteiger partial charge in [0.15, 0.2) is 11.5 Å². The highest BCUT2D eigenvalue weighted by Gasteiger charge is 2.38. The molecule has 0 unspecified atom stereocenters. The number of fused-ring (bicyclic) bond motifs is 2. The van der Waals surface area contributed by atoms with Crippen LogP contribution in [0.25, 0.3) is 0 Å². The molecule has 0 saturated carbocycles. The van der Waals surface area contributed by atoms with Crippen LogP contribution in [0.2, 0.25) is 10.0 Å². The van der Waals surface area contributed by atoms with Crippen LogP contribution in [0.15, 0.2) is 48.7 Å². The van der Waals surface area contributed by atoms with Gasteiger partial charge < -0.3 is 15.4 Å². The number of nitrogens with zero attached hydrogens (tertiary/aromatic N) is 1. The average Bonchev–Trinajstić information content (AvgIpc) is 2.64. The number of halogens is 2. The Hall–Kier alpha value is -2.76. The van der Waals surface area contributed by atoms with Crippen molar-refractivity contribution in [2.75, 3.05) is 10.6 Å². The first-order valence-corrected chi connectivity index (χ1v) is 9.83. The fraction of sp³-hybridized carbons (Fsp3) is 0.182. The highest BCUT2D eigenvalue weighted by Crippen LogP contribution is 2.54. The van der Waals surface area contributed by atoms with Gasteiger partial charge in [0, 0.05) is 39.7 Å². The van der Waals surface area contributed by atoms with Gasteiger partial charge in [0.1, 0.15) is 5.82 Å². The molecule has 0 bridgehead atoms. The Bertz CT molecular complexity index is 1110. The van der Waals surface area contributed by atoms with E-state index in [-0.39, 0.29) is 5.91 Å². The van der Waals surface area contributed by atoms with Crippen molar-refractivity contribution in [3.05, 3.63) is 69.8 Å². The second kappa shape index (κ2) is 7.25. The first kappa shape index (κ1) is 19.6. The SMILES string of the molecule is CC(=O)Nc1cc(Cl)cc2c1Oc1c(Nc3ccccn3)cc(Cl)cc1C2(C)C. The molecule has 2 heterocycles. The zero-order chi connectivity index (χ0) is 20.8. The number of anilines is 3. The molecule has 7 heteroatoms. The first-order chi connectivity index (χ1) is 13.8. The Labute approximate surface area is 179 Å². The van der Waals surface area contributed by atoms with Crippen LogP contribution in [0.3, 0.4) is 0 Å². The summed E-state index contributed by atoms with van der Waals surface area (Å²) < 4.78 is 6.34. The minimum absolute atomic E-state index is 0.204. The number of hydrogen-bond acceptors (Lipinski definition) is 4. The van der Waals surface area contributed by atoms with Crippen LogP contribution in [0, 0.1) is 0 Å². The van der Waals surface area contributed by atoms with Crippen molar-refractivity contribution >= 4 is 46.3 Å². The van der Waals surface area contributed by atoms with Crippen LogP contribution in [0.4, 0.5) is 17.2 Å². The average molecular weight is 428 g/mol. The fourth-order valence-corrected chi connectivity index (χ4v) is 3.97. The number of benzene rings is 2. The van der Waals surface area contributed by atoms with Crippen molar-refractivity contribution in [3.8, 4) is 11.5 Å². The van der Waals surface area contributed by atoms with Crippen LogP contribution in [0.1, 0.15) is 31.9 Å². The van der Waals surface area contributed by atoms with E-state index in [9.17, 15) is 4.79 Å². The predicted octanol–water partition coefficient (Wildman–Crippen LogP) is 6.52. The summed E-state index contributed by atoms with van der Waals surface area (Å²) in [6.07, 6.45) is 1.70. The van der Waals surface area contributed by atoms with E-state index < -0.39 is 5.41 Å². The number of aromatic nitrogens is 1. The van der Waals surface area contributed by atoms with Gasteiger partial charge in [-0.05, 0) is 36.4 Å². The lowest BCUT2D eigenvalue weighted by atomic mass is 9.75. The third kappa shape index (κ3) is 3.63. The van der Waals surface area contributed by atoms with E-state index in [0.29, 0.717) is 38.7 Å². The second-order valence-corrected chi connectivity index (χ2v) is 8.28. The summed E-state index contributed by atoms with van der Waals surface area (Å²) in [5, 5.41) is 7.19. The van der Waals surface area contributed by atoms with Crippen LogP contribution < -0.4 is 15.4 Å². The summed E-state index contributed by atoms with van der Waals surface area (Å²) in [5.74, 6) is 1.66. The zero-order valence-electron chi connectivity index (χ0n) is 16.1. The van der Waals surface area contributed by atoms with Crippen LogP contribution in [-0.2, 0) is 10.2 Å². The van der Waals surface area contributed by atoms with E-state index in [2.05, 4.69) is 29.5 Å². The van der Waals surface area contributed by atoms with Gasteiger partial charge in [0.25, 0.3) is 0 Å². The Morgan fingerprint density at radius 1 is 1.00 bits per heavy atom. The summed E-state index contributed by atoms with van der Waals surface area (Å²) in [5.41, 5.74) is 2.53.